The quantitative estimate of drug-likeness (QED) is 0.117. The minimum absolute atomic E-state index is 0.483. The fourth-order valence-corrected chi connectivity index (χ4v) is 10.4. The van der Waals surface area contributed by atoms with Gasteiger partial charge >= 0.3 is 0 Å². The van der Waals surface area contributed by atoms with Crippen molar-refractivity contribution in [3.05, 3.63) is 82.9 Å². The fraction of sp³-hybridized carbons (Fsp3) is 0.556. The van der Waals surface area contributed by atoms with Crippen molar-refractivity contribution in [2.45, 2.75) is 49.4 Å². The molecule has 7 rings (SSSR count). The summed E-state index contributed by atoms with van der Waals surface area (Å²) in [5, 5.41) is 0. The number of rotatable bonds is 19. The molecule has 0 radical (unpaired) electrons. The molecule has 8 atom stereocenters. The summed E-state index contributed by atoms with van der Waals surface area (Å²) < 4.78 is 16.7. The molecule has 0 saturated carbocycles. The van der Waals surface area contributed by atoms with Crippen LogP contribution in [0, 0.1) is 17.8 Å². The van der Waals surface area contributed by atoms with Gasteiger partial charge in [-0.2, -0.15) is 35.3 Å². The number of ether oxygens (including phenoxy) is 3. The van der Waals surface area contributed by atoms with Crippen LogP contribution in [0.2, 0.25) is 0 Å². The first-order valence-electron chi connectivity index (χ1n) is 15.9. The highest BCUT2D eigenvalue weighted by molar-refractivity contribution is 7.99. The molecule has 2 aromatic rings. The molecule has 0 aromatic heterocycles. The van der Waals surface area contributed by atoms with Gasteiger partial charge in [0.05, 0.1) is 38.1 Å². The van der Waals surface area contributed by atoms with E-state index in [9.17, 15) is 0 Å². The third kappa shape index (κ3) is 7.92. The van der Waals surface area contributed by atoms with Crippen LogP contribution in [0.4, 0.5) is 0 Å². The molecule has 0 bridgehead atoms. The number of epoxide rings is 3. The number of hydrogen-bond acceptors (Lipinski definition) is 6. The van der Waals surface area contributed by atoms with Gasteiger partial charge in [0.25, 0.3) is 0 Å². The third-order valence-electron chi connectivity index (χ3n) is 9.54. The van der Waals surface area contributed by atoms with Gasteiger partial charge in [-0.3, -0.25) is 0 Å². The molecule has 3 saturated heterocycles. The summed E-state index contributed by atoms with van der Waals surface area (Å²) >= 11 is 6.36. The molecule has 0 N–H and O–H groups in total. The minimum atomic E-state index is 0.483. The molecule has 3 aliphatic heterocycles. The van der Waals surface area contributed by atoms with E-state index in [0.717, 1.165) is 37.1 Å². The first-order chi connectivity index (χ1) is 20.8. The van der Waals surface area contributed by atoms with Crippen LogP contribution in [0.3, 0.4) is 0 Å². The molecule has 3 nitrogen and oxygen atoms in total. The van der Waals surface area contributed by atoms with Crippen LogP contribution in [0.5, 0.6) is 0 Å². The summed E-state index contributed by atoms with van der Waals surface area (Å²) in [5.41, 5.74) is 5.93. The summed E-state index contributed by atoms with van der Waals surface area (Å²) in [6, 6.07) is 18.2. The molecule has 0 amide bonds. The maximum absolute atomic E-state index is 5.63. The molecular weight excluding hydrogens is 577 g/mol. The summed E-state index contributed by atoms with van der Waals surface area (Å²) in [5.74, 6) is 10.1. The maximum atomic E-state index is 5.63. The van der Waals surface area contributed by atoms with E-state index in [1.807, 2.05) is 0 Å². The molecule has 3 heterocycles. The fourth-order valence-electron chi connectivity index (χ4n) is 6.97. The van der Waals surface area contributed by atoms with Gasteiger partial charge in [-0.15, -0.1) is 0 Å². The Balaban J connectivity index is 1.13. The average Bonchev–Trinajstić information content (AvgIpc) is 3.94. The van der Waals surface area contributed by atoms with Crippen LogP contribution in [0.15, 0.2) is 60.7 Å². The standard InChI is InChI=1S/C36H44O3S3/c1-3-7-32-25(5-1)9-11-34(32)27(13-15-40-22-29-18-37-29)17-28(21-42-24-31-20-39-31)35(14-16-41-23-30-19-38-30)36-12-10-26-6-2-4-8-33(26)36/h1-12,27-31,34-36H,13-24H2. The highest BCUT2D eigenvalue weighted by Crippen LogP contribution is 2.47. The van der Waals surface area contributed by atoms with Crippen LogP contribution in [-0.2, 0) is 14.2 Å². The minimum Gasteiger partial charge on any atom is -0.372 e. The number of allylic oxidation sites excluding steroid dienone is 2. The number of fused-ring (bicyclic) bond motifs is 2. The van der Waals surface area contributed by atoms with Crippen molar-refractivity contribution in [2.24, 2.45) is 17.8 Å². The Kier molecular flexibility index (Phi) is 10.1. The lowest BCUT2D eigenvalue weighted by molar-refractivity contribution is 0.255. The molecule has 42 heavy (non-hydrogen) atoms. The molecule has 5 aliphatic rings. The predicted molar refractivity (Wildman–Crippen MR) is 182 cm³/mol. The van der Waals surface area contributed by atoms with Crippen molar-refractivity contribution in [1.82, 2.24) is 0 Å². The number of thioether (sulfide) groups is 3. The van der Waals surface area contributed by atoms with Crippen LogP contribution < -0.4 is 0 Å². The van der Waals surface area contributed by atoms with E-state index in [1.54, 1.807) is 11.1 Å². The van der Waals surface area contributed by atoms with E-state index in [1.165, 1.54) is 47.6 Å². The van der Waals surface area contributed by atoms with Crippen molar-refractivity contribution < 1.29 is 14.2 Å². The molecular formula is C36H44O3S3. The molecule has 2 aliphatic carbocycles. The maximum Gasteiger partial charge on any atom is 0.0900 e. The second-order valence-corrected chi connectivity index (χ2v) is 16.0. The number of benzene rings is 2. The topological polar surface area (TPSA) is 37.6 Å². The molecule has 2 aromatic carbocycles. The summed E-state index contributed by atoms with van der Waals surface area (Å²) in [4.78, 5) is 0. The zero-order chi connectivity index (χ0) is 28.1. The van der Waals surface area contributed by atoms with Gasteiger partial charge in [-0.1, -0.05) is 72.8 Å². The monoisotopic (exact) mass is 620 g/mol. The van der Waals surface area contributed by atoms with E-state index < -0.39 is 0 Å². The lowest BCUT2D eigenvalue weighted by atomic mass is 9.71. The van der Waals surface area contributed by atoms with Crippen LogP contribution >= 0.6 is 35.3 Å². The Bertz CT molecular complexity index is 1230. The van der Waals surface area contributed by atoms with Crippen molar-refractivity contribution in [3.8, 4) is 0 Å². The second kappa shape index (κ2) is 14.3. The first-order valence-corrected chi connectivity index (χ1v) is 19.4. The predicted octanol–water partition coefficient (Wildman–Crippen LogP) is 8.02. The van der Waals surface area contributed by atoms with Crippen LogP contribution in [0.1, 0.15) is 53.4 Å². The van der Waals surface area contributed by atoms with Crippen molar-refractivity contribution in [1.29, 1.82) is 0 Å². The third-order valence-corrected chi connectivity index (χ3v) is 13.1. The summed E-state index contributed by atoms with van der Waals surface area (Å²) in [7, 11) is 0. The van der Waals surface area contributed by atoms with Gasteiger partial charge in [-0.25, -0.2) is 0 Å². The normalized spacial score (nSPS) is 28.3. The van der Waals surface area contributed by atoms with Crippen LogP contribution in [0.25, 0.3) is 12.2 Å². The lowest BCUT2D eigenvalue weighted by Crippen LogP contribution is -2.28. The van der Waals surface area contributed by atoms with Gasteiger partial charge in [0.1, 0.15) is 0 Å². The summed E-state index contributed by atoms with van der Waals surface area (Å²) in [6.07, 6.45) is 15.2. The smallest absolute Gasteiger partial charge is 0.0900 e. The SMILES string of the molecule is C1=CC(C(CCSCC2CO2)CC(CSCC2CO2)C(CCSCC2CO2)C2C=Cc3ccccc32)c2ccccc21. The van der Waals surface area contributed by atoms with Crippen molar-refractivity contribution in [2.75, 3.05) is 54.3 Å². The lowest BCUT2D eigenvalue weighted by Gasteiger charge is -2.36. The van der Waals surface area contributed by atoms with Gasteiger partial charge in [0.15, 0.2) is 0 Å². The van der Waals surface area contributed by atoms with Gasteiger partial charge in [0.2, 0.25) is 0 Å². The largest absolute Gasteiger partial charge is 0.372 e. The summed E-state index contributed by atoms with van der Waals surface area (Å²) in [6.45, 7) is 2.87. The molecule has 224 valence electrons. The zero-order valence-electron chi connectivity index (χ0n) is 24.5. The average molecular weight is 621 g/mol. The molecule has 0 spiro atoms. The van der Waals surface area contributed by atoms with Crippen LogP contribution in [-0.4, -0.2) is 72.6 Å². The second-order valence-electron chi connectivity index (χ2n) is 12.6. The van der Waals surface area contributed by atoms with E-state index in [4.69, 9.17) is 14.2 Å². The van der Waals surface area contributed by atoms with E-state index in [0.29, 0.717) is 47.9 Å². The van der Waals surface area contributed by atoms with E-state index in [2.05, 4.69) is 108 Å². The zero-order valence-corrected chi connectivity index (χ0v) is 26.9. The Morgan fingerprint density at radius 2 is 1.17 bits per heavy atom. The van der Waals surface area contributed by atoms with Gasteiger partial charge in [0, 0.05) is 29.1 Å². The molecule has 3 fully saturated rings. The Morgan fingerprint density at radius 3 is 1.79 bits per heavy atom. The van der Waals surface area contributed by atoms with Gasteiger partial charge < -0.3 is 14.2 Å². The van der Waals surface area contributed by atoms with E-state index in [-0.39, 0.29) is 0 Å². The molecule has 8 unspecified atom stereocenters. The van der Waals surface area contributed by atoms with Gasteiger partial charge in [-0.05, 0) is 76.5 Å². The highest BCUT2D eigenvalue weighted by Gasteiger charge is 2.37. The van der Waals surface area contributed by atoms with Crippen molar-refractivity contribution >= 4 is 47.4 Å². The Morgan fingerprint density at radius 1 is 0.643 bits per heavy atom. The van der Waals surface area contributed by atoms with E-state index >= 15 is 0 Å². The molecule has 6 heteroatoms. The Labute approximate surface area is 265 Å². The van der Waals surface area contributed by atoms with Crippen molar-refractivity contribution in [3.63, 3.8) is 0 Å². The first kappa shape index (κ1) is 29.6. The highest BCUT2D eigenvalue weighted by atomic mass is 32.2. The Hall–Kier alpha value is -1.15. The number of hydrogen-bond donors (Lipinski definition) is 0.